The van der Waals surface area contributed by atoms with E-state index in [1.165, 1.54) is 0 Å². The number of nitrogens with zero attached hydrogens (tertiary/aromatic N) is 6. The van der Waals surface area contributed by atoms with Crippen molar-refractivity contribution in [1.82, 2.24) is 44.5 Å². The lowest BCUT2D eigenvalue weighted by atomic mass is 10.1. The normalized spacial score (nSPS) is 15.6. The number of benzene rings is 3. The van der Waals surface area contributed by atoms with Crippen LogP contribution in [-0.4, -0.2) is 127 Å². The number of imidazole rings is 1. The summed E-state index contributed by atoms with van der Waals surface area (Å²) in [5, 5.41) is 7.73. The zero-order chi connectivity index (χ0) is 36.1. The van der Waals surface area contributed by atoms with Gasteiger partial charge < -0.3 is 34.6 Å². The Morgan fingerprint density at radius 1 is 0.679 bits per heavy atom. The third kappa shape index (κ3) is 7.31. The number of aromatic amines is 1. The number of ether oxygens (including phenoxy) is 4. The summed E-state index contributed by atoms with van der Waals surface area (Å²) in [5.41, 5.74) is 4.09. The topological polar surface area (TPSA) is 136 Å². The Hall–Kier alpha value is -5.41. The molecule has 0 aliphatic carbocycles. The van der Waals surface area contributed by atoms with Gasteiger partial charge in [-0.05, 0) is 54.6 Å². The van der Waals surface area contributed by atoms with Crippen molar-refractivity contribution in [2.75, 3.05) is 92.9 Å². The minimum atomic E-state index is -0.313. The van der Waals surface area contributed by atoms with Crippen molar-refractivity contribution in [3.05, 3.63) is 83.5 Å². The molecule has 0 amide bonds. The molecule has 0 spiro atoms. The van der Waals surface area contributed by atoms with Gasteiger partial charge in [0, 0.05) is 94.2 Å². The van der Waals surface area contributed by atoms with Gasteiger partial charge in [-0.25, -0.2) is 23.9 Å². The van der Waals surface area contributed by atoms with Crippen molar-refractivity contribution in [3.63, 3.8) is 0 Å². The predicted octanol–water partition coefficient (Wildman–Crippen LogP) is 3.30. The smallest absolute Gasteiger partial charge is 0.340 e. The zero-order valence-electron chi connectivity index (χ0n) is 30.1. The average Bonchev–Trinajstić information content (AvgIpc) is 3.79. The summed E-state index contributed by atoms with van der Waals surface area (Å²) in [6.07, 6.45) is 3.56. The van der Waals surface area contributed by atoms with Crippen molar-refractivity contribution < 1.29 is 18.9 Å². The van der Waals surface area contributed by atoms with E-state index in [1.807, 2.05) is 66.9 Å². The second-order valence-electron chi connectivity index (χ2n) is 13.2. The maximum atomic E-state index is 14.5. The number of hydrogen-bond acceptors (Lipinski definition) is 11. The number of hydrogen-bond donors (Lipinski definition) is 3. The highest BCUT2D eigenvalue weighted by atomic mass is 16.5. The van der Waals surface area contributed by atoms with Crippen molar-refractivity contribution in [2.45, 2.75) is 0 Å². The number of nitrogens with one attached hydrogen (secondary N) is 3. The maximum Gasteiger partial charge on any atom is 0.340 e. The molecule has 3 N–H and O–H groups in total. The zero-order valence-corrected chi connectivity index (χ0v) is 30.1. The summed E-state index contributed by atoms with van der Waals surface area (Å²) in [7, 11) is 3.23. The van der Waals surface area contributed by atoms with Crippen molar-refractivity contribution in [2.24, 2.45) is 0 Å². The van der Waals surface area contributed by atoms with E-state index in [0.29, 0.717) is 64.6 Å². The molecule has 2 aliphatic rings. The Bertz CT molecular complexity index is 2250. The fraction of sp³-hybridized carbons (Fsp3) is 0.359. The van der Waals surface area contributed by atoms with Crippen LogP contribution in [0.2, 0.25) is 0 Å². The van der Waals surface area contributed by atoms with Crippen LogP contribution in [0, 0.1) is 0 Å². The molecule has 3 aromatic carbocycles. The summed E-state index contributed by atoms with van der Waals surface area (Å²) in [6, 6.07) is 19.0. The SMILES string of the molecule is COc1cc(-c2cnc3c(n2)n(-c2ccc4[nH]ccc4c2)c(=O)n3-c2ccc(OCCN3CCNCC3)c(OC)c2)ccc1OCCN1CCNCC1. The highest BCUT2D eigenvalue weighted by molar-refractivity contribution is 5.83. The Morgan fingerprint density at radius 3 is 1.96 bits per heavy atom. The molecule has 53 heavy (non-hydrogen) atoms. The number of aromatic nitrogens is 5. The Kier molecular flexibility index (Phi) is 10.3. The molecule has 0 atom stereocenters. The van der Waals surface area contributed by atoms with Crippen LogP contribution in [0.25, 0.3) is 44.8 Å². The van der Waals surface area contributed by atoms with Crippen LogP contribution >= 0.6 is 0 Å². The Balaban J connectivity index is 1.13. The van der Waals surface area contributed by atoms with Gasteiger partial charge in [0.15, 0.2) is 34.3 Å². The van der Waals surface area contributed by atoms with E-state index in [-0.39, 0.29) is 5.69 Å². The lowest BCUT2D eigenvalue weighted by Crippen LogP contribution is -2.44. The molecule has 14 nitrogen and oxygen atoms in total. The van der Waals surface area contributed by atoms with Gasteiger partial charge in [-0.15, -0.1) is 0 Å². The number of rotatable bonds is 13. The largest absolute Gasteiger partial charge is 0.493 e. The summed E-state index contributed by atoms with van der Waals surface area (Å²) in [5.74, 6) is 2.39. The first kappa shape index (κ1) is 34.7. The molecule has 276 valence electrons. The van der Waals surface area contributed by atoms with Crippen LogP contribution in [0.1, 0.15) is 0 Å². The van der Waals surface area contributed by atoms with Crippen LogP contribution < -0.4 is 35.3 Å². The predicted molar refractivity (Wildman–Crippen MR) is 204 cm³/mol. The van der Waals surface area contributed by atoms with E-state index in [9.17, 15) is 4.79 Å². The molecule has 6 aromatic rings. The second-order valence-corrected chi connectivity index (χ2v) is 13.2. The van der Waals surface area contributed by atoms with Gasteiger partial charge in [0.25, 0.3) is 0 Å². The van der Waals surface area contributed by atoms with Crippen LogP contribution in [0.4, 0.5) is 0 Å². The summed E-state index contributed by atoms with van der Waals surface area (Å²) < 4.78 is 27.0. The molecular weight excluding hydrogens is 674 g/mol. The maximum absolute atomic E-state index is 14.5. The molecule has 0 bridgehead atoms. The molecule has 2 aliphatic heterocycles. The summed E-state index contributed by atoms with van der Waals surface area (Å²) >= 11 is 0. The standard InChI is InChI=1S/C39H45N9O5/c1-50-35-24-27(3-7-33(35)52-21-19-45-15-11-40-12-16-45)32-26-43-37-38(44-32)48(29-4-6-31-28(23-29)9-10-42-31)39(49)47(37)30-5-8-34(36(25-30)51-2)53-22-20-46-17-13-41-14-18-46/h3-10,23-26,40-42H,11-22H2,1-2H3. The first-order chi connectivity index (χ1) is 26.1. The highest BCUT2D eigenvalue weighted by Gasteiger charge is 2.22. The van der Waals surface area contributed by atoms with Gasteiger partial charge in [0.05, 0.1) is 37.5 Å². The summed E-state index contributed by atoms with van der Waals surface area (Å²) in [6.45, 7) is 10.7. The molecule has 8 rings (SSSR count). The minimum absolute atomic E-state index is 0.313. The lowest BCUT2D eigenvalue weighted by Gasteiger charge is -2.27. The number of piperazine rings is 2. The second kappa shape index (κ2) is 15.7. The molecule has 14 heteroatoms. The first-order valence-corrected chi connectivity index (χ1v) is 18.2. The first-order valence-electron chi connectivity index (χ1n) is 18.2. The fourth-order valence-electron chi connectivity index (χ4n) is 7.05. The minimum Gasteiger partial charge on any atom is -0.493 e. The van der Waals surface area contributed by atoms with E-state index in [4.69, 9.17) is 28.9 Å². The van der Waals surface area contributed by atoms with Gasteiger partial charge >= 0.3 is 5.69 Å². The number of fused-ring (bicyclic) bond motifs is 2. The lowest BCUT2D eigenvalue weighted by molar-refractivity contribution is 0.188. The van der Waals surface area contributed by atoms with Gasteiger partial charge in [0.2, 0.25) is 0 Å². The Morgan fingerprint density at radius 2 is 1.28 bits per heavy atom. The van der Waals surface area contributed by atoms with E-state index in [1.54, 1.807) is 29.6 Å². The molecular formula is C39H45N9O5. The molecule has 3 aromatic heterocycles. The quantitative estimate of drug-likeness (QED) is 0.162. The van der Waals surface area contributed by atoms with Gasteiger partial charge in [0.1, 0.15) is 13.2 Å². The van der Waals surface area contributed by atoms with Gasteiger partial charge in [-0.3, -0.25) is 9.80 Å². The van der Waals surface area contributed by atoms with Crippen LogP contribution in [-0.2, 0) is 0 Å². The van der Waals surface area contributed by atoms with Gasteiger partial charge in [-0.1, -0.05) is 0 Å². The molecule has 2 fully saturated rings. The van der Waals surface area contributed by atoms with Crippen molar-refractivity contribution in [3.8, 4) is 45.6 Å². The summed E-state index contributed by atoms with van der Waals surface area (Å²) in [4.78, 5) is 32.4. The van der Waals surface area contributed by atoms with E-state index >= 15 is 0 Å². The van der Waals surface area contributed by atoms with Gasteiger partial charge in [-0.2, -0.15) is 0 Å². The van der Waals surface area contributed by atoms with Crippen LogP contribution in [0.5, 0.6) is 23.0 Å². The van der Waals surface area contributed by atoms with Crippen molar-refractivity contribution in [1.29, 1.82) is 0 Å². The molecule has 0 unspecified atom stereocenters. The van der Waals surface area contributed by atoms with Crippen LogP contribution in [0.15, 0.2) is 77.9 Å². The highest BCUT2D eigenvalue weighted by Crippen LogP contribution is 2.34. The monoisotopic (exact) mass is 719 g/mol. The van der Waals surface area contributed by atoms with Crippen LogP contribution in [0.3, 0.4) is 0 Å². The van der Waals surface area contributed by atoms with E-state index in [2.05, 4.69) is 25.4 Å². The molecule has 5 heterocycles. The fourth-order valence-corrected chi connectivity index (χ4v) is 7.05. The molecule has 2 saturated heterocycles. The average molecular weight is 720 g/mol. The van der Waals surface area contributed by atoms with Crippen molar-refractivity contribution >= 4 is 22.2 Å². The molecule has 0 saturated carbocycles. The van der Waals surface area contributed by atoms with E-state index in [0.717, 1.165) is 81.9 Å². The molecule has 0 radical (unpaired) electrons. The Labute approximate surface area is 307 Å². The number of H-pyrrole nitrogens is 1. The number of methoxy groups -OCH3 is 2. The van der Waals surface area contributed by atoms with E-state index < -0.39 is 0 Å². The third-order valence-electron chi connectivity index (χ3n) is 9.95. The third-order valence-corrected chi connectivity index (χ3v) is 9.95.